The van der Waals surface area contributed by atoms with E-state index in [0.29, 0.717) is 29.9 Å². The van der Waals surface area contributed by atoms with Gasteiger partial charge in [-0.2, -0.15) is 5.26 Å². The average Bonchev–Trinajstić information content (AvgIpc) is 2.85. The van der Waals surface area contributed by atoms with Crippen molar-refractivity contribution in [1.82, 2.24) is 15.5 Å². The van der Waals surface area contributed by atoms with Gasteiger partial charge in [0.25, 0.3) is 0 Å². The summed E-state index contributed by atoms with van der Waals surface area (Å²) >= 11 is 0. The lowest BCUT2D eigenvalue weighted by molar-refractivity contribution is 0.459. The summed E-state index contributed by atoms with van der Waals surface area (Å²) in [6.45, 7) is 4.66. The molecule has 0 atom stereocenters. The minimum Gasteiger partial charge on any atom is -0.419 e. The molecular weight excluding hydrogens is 228 g/mol. The second-order valence-electron chi connectivity index (χ2n) is 4.23. The van der Waals surface area contributed by atoms with Crippen molar-refractivity contribution >= 4 is 0 Å². The van der Waals surface area contributed by atoms with Crippen LogP contribution in [0, 0.1) is 11.3 Å². The standard InChI is InChI=1S/C13H14N4O/c1-9(2)15-8-12-16-17-13(18-12)11-5-3-10(7-14)4-6-11/h3-6,9,15H,8H2,1-2H3. The summed E-state index contributed by atoms with van der Waals surface area (Å²) < 4.78 is 5.53. The molecule has 1 N–H and O–H groups in total. The Kier molecular flexibility index (Phi) is 3.70. The SMILES string of the molecule is CC(C)NCc1nnc(-c2ccc(C#N)cc2)o1. The molecule has 0 amide bonds. The molecule has 1 aromatic heterocycles. The summed E-state index contributed by atoms with van der Waals surface area (Å²) in [5.74, 6) is 1.03. The van der Waals surface area contributed by atoms with Crippen LogP contribution in [0.2, 0.25) is 0 Å². The third kappa shape index (κ3) is 2.93. The zero-order valence-corrected chi connectivity index (χ0v) is 10.3. The molecule has 0 saturated heterocycles. The van der Waals surface area contributed by atoms with E-state index in [0.717, 1.165) is 5.56 Å². The normalized spacial score (nSPS) is 10.6. The van der Waals surface area contributed by atoms with E-state index in [1.807, 2.05) is 0 Å². The predicted octanol–water partition coefficient (Wildman–Crippen LogP) is 2.11. The molecule has 5 nitrogen and oxygen atoms in total. The van der Waals surface area contributed by atoms with Crippen molar-refractivity contribution in [2.24, 2.45) is 0 Å². The summed E-state index contributed by atoms with van der Waals surface area (Å²) in [6, 6.07) is 9.49. The lowest BCUT2D eigenvalue weighted by Gasteiger charge is -2.03. The number of hydrogen-bond donors (Lipinski definition) is 1. The highest BCUT2D eigenvalue weighted by molar-refractivity contribution is 5.54. The Morgan fingerprint density at radius 3 is 2.61 bits per heavy atom. The van der Waals surface area contributed by atoms with Crippen LogP contribution in [-0.2, 0) is 6.54 Å². The van der Waals surface area contributed by atoms with Gasteiger partial charge in [-0.1, -0.05) is 13.8 Å². The first-order chi connectivity index (χ1) is 8.69. The Hall–Kier alpha value is -2.19. The van der Waals surface area contributed by atoms with Gasteiger partial charge in [0.15, 0.2) is 0 Å². The van der Waals surface area contributed by atoms with Gasteiger partial charge in [-0.15, -0.1) is 10.2 Å². The second kappa shape index (κ2) is 5.43. The molecule has 0 unspecified atom stereocenters. The van der Waals surface area contributed by atoms with E-state index in [1.54, 1.807) is 24.3 Å². The molecule has 2 aromatic rings. The maximum Gasteiger partial charge on any atom is 0.247 e. The number of hydrogen-bond acceptors (Lipinski definition) is 5. The molecule has 0 bridgehead atoms. The molecule has 0 radical (unpaired) electrons. The molecule has 1 heterocycles. The van der Waals surface area contributed by atoms with Gasteiger partial charge in [0, 0.05) is 11.6 Å². The Morgan fingerprint density at radius 2 is 2.00 bits per heavy atom. The molecule has 0 aliphatic rings. The fourth-order valence-electron chi connectivity index (χ4n) is 1.42. The molecule has 0 spiro atoms. The fourth-order valence-corrected chi connectivity index (χ4v) is 1.42. The predicted molar refractivity (Wildman–Crippen MR) is 66.4 cm³/mol. The van der Waals surface area contributed by atoms with Crippen molar-refractivity contribution in [3.05, 3.63) is 35.7 Å². The average molecular weight is 242 g/mol. The maximum absolute atomic E-state index is 8.72. The zero-order valence-electron chi connectivity index (χ0n) is 10.3. The Labute approximate surface area is 105 Å². The van der Waals surface area contributed by atoms with E-state index in [9.17, 15) is 0 Å². The van der Waals surface area contributed by atoms with E-state index in [1.165, 1.54) is 0 Å². The van der Waals surface area contributed by atoms with Gasteiger partial charge in [0.2, 0.25) is 11.8 Å². The first-order valence-electron chi connectivity index (χ1n) is 5.75. The van der Waals surface area contributed by atoms with Crippen LogP contribution in [0.15, 0.2) is 28.7 Å². The molecule has 0 fully saturated rings. The van der Waals surface area contributed by atoms with Crippen LogP contribution in [0.5, 0.6) is 0 Å². The smallest absolute Gasteiger partial charge is 0.247 e. The largest absolute Gasteiger partial charge is 0.419 e. The summed E-state index contributed by atoms with van der Waals surface area (Å²) in [7, 11) is 0. The minimum absolute atomic E-state index is 0.371. The summed E-state index contributed by atoms with van der Waals surface area (Å²) in [4.78, 5) is 0. The van der Waals surface area contributed by atoms with Gasteiger partial charge in [-0.05, 0) is 24.3 Å². The Morgan fingerprint density at radius 1 is 1.28 bits per heavy atom. The van der Waals surface area contributed by atoms with Crippen LogP contribution < -0.4 is 5.32 Å². The van der Waals surface area contributed by atoms with Crippen molar-refractivity contribution in [3.63, 3.8) is 0 Å². The van der Waals surface area contributed by atoms with E-state index in [2.05, 4.69) is 35.4 Å². The molecule has 92 valence electrons. The Balaban J connectivity index is 2.11. The number of nitrogens with zero attached hydrogens (tertiary/aromatic N) is 3. The van der Waals surface area contributed by atoms with Crippen molar-refractivity contribution in [2.45, 2.75) is 26.4 Å². The number of benzene rings is 1. The first kappa shape index (κ1) is 12.3. The van der Waals surface area contributed by atoms with Crippen LogP contribution in [0.1, 0.15) is 25.3 Å². The van der Waals surface area contributed by atoms with Gasteiger partial charge >= 0.3 is 0 Å². The third-order valence-corrected chi connectivity index (χ3v) is 2.39. The number of aromatic nitrogens is 2. The van der Waals surface area contributed by atoms with Gasteiger partial charge in [-0.3, -0.25) is 0 Å². The molecule has 1 aromatic carbocycles. The minimum atomic E-state index is 0.371. The number of rotatable bonds is 4. The molecule has 0 aliphatic heterocycles. The lowest BCUT2D eigenvalue weighted by Crippen LogP contribution is -2.21. The molecule has 0 saturated carbocycles. The van der Waals surface area contributed by atoms with E-state index >= 15 is 0 Å². The maximum atomic E-state index is 8.72. The summed E-state index contributed by atoms with van der Waals surface area (Å²) in [6.07, 6.45) is 0. The zero-order chi connectivity index (χ0) is 13.0. The van der Waals surface area contributed by atoms with Crippen LogP contribution in [-0.4, -0.2) is 16.2 Å². The fraction of sp³-hybridized carbons (Fsp3) is 0.308. The number of nitriles is 1. The van der Waals surface area contributed by atoms with E-state index < -0.39 is 0 Å². The van der Waals surface area contributed by atoms with Crippen molar-refractivity contribution in [2.75, 3.05) is 0 Å². The van der Waals surface area contributed by atoms with Crippen molar-refractivity contribution in [3.8, 4) is 17.5 Å². The van der Waals surface area contributed by atoms with Crippen molar-refractivity contribution in [1.29, 1.82) is 5.26 Å². The van der Waals surface area contributed by atoms with Gasteiger partial charge in [0.1, 0.15) is 0 Å². The molecular formula is C13H14N4O. The highest BCUT2D eigenvalue weighted by atomic mass is 16.4. The third-order valence-electron chi connectivity index (χ3n) is 2.39. The topological polar surface area (TPSA) is 74.7 Å². The molecule has 18 heavy (non-hydrogen) atoms. The first-order valence-corrected chi connectivity index (χ1v) is 5.75. The van der Waals surface area contributed by atoms with E-state index in [4.69, 9.17) is 9.68 Å². The van der Waals surface area contributed by atoms with Crippen LogP contribution in [0.3, 0.4) is 0 Å². The van der Waals surface area contributed by atoms with E-state index in [-0.39, 0.29) is 0 Å². The molecule has 2 rings (SSSR count). The highest BCUT2D eigenvalue weighted by Crippen LogP contribution is 2.18. The molecule has 0 aliphatic carbocycles. The van der Waals surface area contributed by atoms with Crippen LogP contribution >= 0.6 is 0 Å². The quantitative estimate of drug-likeness (QED) is 0.888. The molecule has 5 heteroatoms. The van der Waals surface area contributed by atoms with Crippen LogP contribution in [0.25, 0.3) is 11.5 Å². The lowest BCUT2D eigenvalue weighted by atomic mass is 10.1. The number of nitrogens with one attached hydrogen (secondary N) is 1. The van der Waals surface area contributed by atoms with Gasteiger partial charge in [-0.25, -0.2) is 0 Å². The monoisotopic (exact) mass is 242 g/mol. The summed E-state index contributed by atoms with van der Waals surface area (Å²) in [5.41, 5.74) is 1.43. The summed E-state index contributed by atoms with van der Waals surface area (Å²) in [5, 5.41) is 19.9. The highest BCUT2D eigenvalue weighted by Gasteiger charge is 2.08. The Bertz CT molecular complexity index is 551. The van der Waals surface area contributed by atoms with Crippen LogP contribution in [0.4, 0.5) is 0 Å². The van der Waals surface area contributed by atoms with Crippen molar-refractivity contribution < 1.29 is 4.42 Å². The van der Waals surface area contributed by atoms with Gasteiger partial charge in [0.05, 0.1) is 18.2 Å². The second-order valence-corrected chi connectivity index (χ2v) is 4.23. The van der Waals surface area contributed by atoms with Gasteiger partial charge < -0.3 is 9.73 Å².